The molecular weight excluding hydrogens is 277 g/mol. The second kappa shape index (κ2) is 6.67. The minimum atomic E-state index is -1.17. The Morgan fingerprint density at radius 2 is 1.90 bits per heavy atom. The molecule has 21 heavy (non-hydrogen) atoms. The number of carbonyl (C=O) groups is 2. The van der Waals surface area contributed by atoms with Crippen LogP contribution in [0, 0.1) is 5.82 Å². The van der Waals surface area contributed by atoms with Crippen molar-refractivity contribution in [2.75, 3.05) is 0 Å². The van der Waals surface area contributed by atoms with E-state index in [1.165, 1.54) is 18.2 Å². The van der Waals surface area contributed by atoms with E-state index in [2.05, 4.69) is 0 Å². The van der Waals surface area contributed by atoms with E-state index in [-0.39, 0.29) is 5.56 Å². The van der Waals surface area contributed by atoms with E-state index in [0.29, 0.717) is 0 Å². The molecule has 1 rings (SSSR count). The number of hydrogen-bond donors (Lipinski definition) is 2. The maximum Gasteiger partial charge on any atom is 0.315 e. The summed E-state index contributed by atoms with van der Waals surface area (Å²) in [5.74, 6) is -3.68. The topological polar surface area (TPSA) is 89.6 Å². The zero-order valence-electron chi connectivity index (χ0n) is 12.3. The standard InChI is InChI=1S/C15H20FNO4/c1-15(2,3)21-14(20)13(11(17)8-12(18)19)9-6-4-5-7-10(9)16/h4-7,11,13H,8,17H2,1-3H3,(H,18,19)/t11-,13?/m0/s1. The number of carboxylic acid groups (broad SMARTS) is 1. The number of esters is 1. The number of benzene rings is 1. The first-order valence-corrected chi connectivity index (χ1v) is 6.56. The van der Waals surface area contributed by atoms with Crippen molar-refractivity contribution in [3.8, 4) is 0 Å². The Morgan fingerprint density at radius 1 is 1.33 bits per heavy atom. The SMILES string of the molecule is CC(C)(C)OC(=O)C(c1ccccc1F)[C@@H](N)CC(=O)O. The fraction of sp³-hybridized carbons (Fsp3) is 0.467. The minimum absolute atomic E-state index is 0.0421. The summed E-state index contributed by atoms with van der Waals surface area (Å²) in [5.41, 5.74) is 5.06. The Bertz CT molecular complexity index is 525. The summed E-state index contributed by atoms with van der Waals surface area (Å²) in [7, 11) is 0. The van der Waals surface area contributed by atoms with Crippen LogP contribution >= 0.6 is 0 Å². The van der Waals surface area contributed by atoms with Gasteiger partial charge >= 0.3 is 11.9 Å². The summed E-state index contributed by atoms with van der Waals surface area (Å²) in [4.78, 5) is 23.1. The lowest BCUT2D eigenvalue weighted by molar-refractivity contribution is -0.157. The fourth-order valence-electron chi connectivity index (χ4n) is 1.94. The lowest BCUT2D eigenvalue weighted by atomic mass is 9.89. The lowest BCUT2D eigenvalue weighted by Gasteiger charge is -2.27. The van der Waals surface area contributed by atoms with Gasteiger partial charge in [-0.3, -0.25) is 9.59 Å². The van der Waals surface area contributed by atoms with E-state index < -0.39 is 41.7 Å². The first-order chi connectivity index (χ1) is 9.61. The quantitative estimate of drug-likeness (QED) is 0.812. The van der Waals surface area contributed by atoms with E-state index in [4.69, 9.17) is 15.6 Å². The number of carbonyl (C=O) groups excluding carboxylic acids is 1. The van der Waals surface area contributed by atoms with Gasteiger partial charge in [-0.2, -0.15) is 0 Å². The van der Waals surface area contributed by atoms with Crippen LogP contribution in [0.25, 0.3) is 0 Å². The highest BCUT2D eigenvalue weighted by Crippen LogP contribution is 2.27. The predicted molar refractivity (Wildman–Crippen MR) is 75.2 cm³/mol. The predicted octanol–water partition coefficient (Wildman–Crippen LogP) is 2.05. The van der Waals surface area contributed by atoms with Crippen LogP contribution < -0.4 is 5.73 Å². The number of hydrogen-bond acceptors (Lipinski definition) is 4. The molecule has 0 aliphatic rings. The van der Waals surface area contributed by atoms with E-state index in [0.717, 1.165) is 0 Å². The average molecular weight is 297 g/mol. The average Bonchev–Trinajstić information content (AvgIpc) is 2.28. The van der Waals surface area contributed by atoms with Gasteiger partial charge in [0.2, 0.25) is 0 Å². The Balaban J connectivity index is 3.14. The Labute approximate surface area is 122 Å². The van der Waals surface area contributed by atoms with Crippen LogP contribution in [0.2, 0.25) is 0 Å². The molecule has 1 aromatic carbocycles. The van der Waals surface area contributed by atoms with Gasteiger partial charge in [0.05, 0.1) is 6.42 Å². The molecule has 0 saturated heterocycles. The van der Waals surface area contributed by atoms with E-state index >= 15 is 0 Å². The monoisotopic (exact) mass is 297 g/mol. The maximum absolute atomic E-state index is 13.9. The van der Waals surface area contributed by atoms with Gasteiger partial charge in [0.1, 0.15) is 17.3 Å². The molecule has 0 aliphatic heterocycles. The van der Waals surface area contributed by atoms with Gasteiger partial charge in [-0.15, -0.1) is 0 Å². The molecular formula is C15H20FNO4. The number of carboxylic acids is 1. The van der Waals surface area contributed by atoms with Gasteiger partial charge in [-0.05, 0) is 26.8 Å². The summed E-state index contributed by atoms with van der Waals surface area (Å²) in [5, 5.41) is 8.84. The summed E-state index contributed by atoms with van der Waals surface area (Å²) in [6, 6.07) is 4.57. The van der Waals surface area contributed by atoms with Crippen molar-refractivity contribution in [2.45, 2.75) is 44.8 Å². The molecule has 0 fully saturated rings. The highest BCUT2D eigenvalue weighted by Gasteiger charge is 2.34. The lowest BCUT2D eigenvalue weighted by Crippen LogP contribution is -2.39. The van der Waals surface area contributed by atoms with Gasteiger partial charge in [0.15, 0.2) is 0 Å². The third kappa shape index (κ3) is 5.15. The molecule has 3 N–H and O–H groups in total. The van der Waals surface area contributed by atoms with Crippen molar-refractivity contribution >= 4 is 11.9 Å². The molecule has 0 aliphatic carbocycles. The number of aliphatic carboxylic acids is 1. The second-order valence-electron chi connectivity index (χ2n) is 5.79. The van der Waals surface area contributed by atoms with Crippen LogP contribution in [0.5, 0.6) is 0 Å². The second-order valence-corrected chi connectivity index (χ2v) is 5.79. The molecule has 2 atom stereocenters. The van der Waals surface area contributed by atoms with Gasteiger partial charge in [-0.1, -0.05) is 18.2 Å². The summed E-state index contributed by atoms with van der Waals surface area (Å²) in [6.07, 6.45) is -0.460. The normalized spacial score (nSPS) is 14.3. The van der Waals surface area contributed by atoms with Gasteiger partial charge in [-0.25, -0.2) is 4.39 Å². The number of rotatable bonds is 5. The molecule has 0 saturated carbocycles. The number of nitrogens with two attached hydrogens (primary N) is 1. The van der Waals surface area contributed by atoms with Crippen molar-refractivity contribution in [2.24, 2.45) is 5.73 Å². The van der Waals surface area contributed by atoms with Crippen molar-refractivity contribution in [3.05, 3.63) is 35.6 Å². The Hall–Kier alpha value is -1.95. The maximum atomic E-state index is 13.9. The molecule has 0 heterocycles. The number of halogens is 1. The van der Waals surface area contributed by atoms with E-state index in [9.17, 15) is 14.0 Å². The molecule has 0 aromatic heterocycles. The molecule has 0 radical (unpaired) electrons. The van der Waals surface area contributed by atoms with Crippen molar-refractivity contribution in [1.29, 1.82) is 0 Å². The zero-order valence-corrected chi connectivity index (χ0v) is 12.3. The first kappa shape index (κ1) is 17.1. The van der Waals surface area contributed by atoms with Crippen LogP contribution in [-0.4, -0.2) is 28.7 Å². The summed E-state index contributed by atoms with van der Waals surface area (Å²) < 4.78 is 19.2. The van der Waals surface area contributed by atoms with Crippen LogP contribution in [0.4, 0.5) is 4.39 Å². The molecule has 1 aromatic rings. The van der Waals surface area contributed by atoms with Crippen LogP contribution in [0.15, 0.2) is 24.3 Å². The molecule has 0 amide bonds. The van der Waals surface area contributed by atoms with Crippen molar-refractivity contribution in [3.63, 3.8) is 0 Å². The van der Waals surface area contributed by atoms with Crippen molar-refractivity contribution < 1.29 is 23.8 Å². The summed E-state index contributed by atoms with van der Waals surface area (Å²) in [6.45, 7) is 5.02. The van der Waals surface area contributed by atoms with E-state index in [1.807, 2.05) is 0 Å². The Morgan fingerprint density at radius 3 is 2.38 bits per heavy atom. The first-order valence-electron chi connectivity index (χ1n) is 6.56. The minimum Gasteiger partial charge on any atom is -0.481 e. The molecule has 5 nitrogen and oxygen atoms in total. The zero-order chi connectivity index (χ0) is 16.2. The fourth-order valence-corrected chi connectivity index (χ4v) is 1.94. The smallest absolute Gasteiger partial charge is 0.315 e. The Kier molecular flexibility index (Phi) is 5.43. The molecule has 116 valence electrons. The molecule has 0 spiro atoms. The van der Waals surface area contributed by atoms with Gasteiger partial charge in [0, 0.05) is 11.6 Å². The van der Waals surface area contributed by atoms with Crippen LogP contribution in [0.3, 0.4) is 0 Å². The van der Waals surface area contributed by atoms with Crippen LogP contribution in [0.1, 0.15) is 38.7 Å². The van der Waals surface area contributed by atoms with E-state index in [1.54, 1.807) is 26.8 Å². The third-order valence-electron chi connectivity index (χ3n) is 2.74. The van der Waals surface area contributed by atoms with Crippen LogP contribution in [-0.2, 0) is 14.3 Å². The summed E-state index contributed by atoms with van der Waals surface area (Å²) >= 11 is 0. The highest BCUT2D eigenvalue weighted by atomic mass is 19.1. The molecule has 0 bridgehead atoms. The van der Waals surface area contributed by atoms with Crippen molar-refractivity contribution in [1.82, 2.24) is 0 Å². The molecule has 6 heteroatoms. The largest absolute Gasteiger partial charge is 0.481 e. The molecule has 1 unspecified atom stereocenters. The number of ether oxygens (including phenoxy) is 1. The third-order valence-corrected chi connectivity index (χ3v) is 2.74. The van der Waals surface area contributed by atoms with Gasteiger partial charge in [0.25, 0.3) is 0 Å². The van der Waals surface area contributed by atoms with Gasteiger partial charge < -0.3 is 15.6 Å². The highest BCUT2D eigenvalue weighted by molar-refractivity contribution is 5.81.